The average Bonchev–Trinajstić information content (AvgIpc) is 2.75. The first-order valence-electron chi connectivity index (χ1n) is 4.90. The highest BCUT2D eigenvalue weighted by Crippen LogP contribution is 2.02. The number of aryl methyl sites for hydroxylation is 2. The van der Waals surface area contributed by atoms with Gasteiger partial charge in [-0.2, -0.15) is 0 Å². The lowest BCUT2D eigenvalue weighted by molar-refractivity contribution is 0.265. The molecule has 0 fully saturated rings. The number of rotatable bonds is 4. The minimum Gasteiger partial charge on any atom is -0.388 e. The van der Waals surface area contributed by atoms with Gasteiger partial charge in [0, 0.05) is 31.3 Å². The number of hydrogen-bond acceptors (Lipinski definition) is 3. The smallest absolute Gasteiger partial charge is 0.134 e. The van der Waals surface area contributed by atoms with Crippen molar-refractivity contribution in [3.05, 3.63) is 48.3 Å². The lowest BCUT2D eigenvalue weighted by atomic mass is 10.2. The molecular formula is C11H13N3O. The van der Waals surface area contributed by atoms with E-state index in [9.17, 15) is 0 Å². The summed E-state index contributed by atoms with van der Waals surface area (Å²) in [6.07, 6.45) is 8.10. The summed E-state index contributed by atoms with van der Waals surface area (Å²) in [6, 6.07) is 3.97. The number of hydrogen-bond donors (Lipinski definition) is 1. The van der Waals surface area contributed by atoms with Gasteiger partial charge in [-0.05, 0) is 18.1 Å². The number of pyridine rings is 1. The van der Waals surface area contributed by atoms with E-state index in [0.29, 0.717) is 5.82 Å². The Bertz CT molecular complexity index is 411. The highest BCUT2D eigenvalue weighted by atomic mass is 16.3. The van der Waals surface area contributed by atoms with Crippen molar-refractivity contribution in [1.29, 1.82) is 0 Å². The summed E-state index contributed by atoms with van der Waals surface area (Å²) in [5, 5.41) is 9.01. The summed E-state index contributed by atoms with van der Waals surface area (Å²) in [5.41, 5.74) is 1.19. The standard InChI is InChI=1S/C11H13N3O/c15-9-11-13-5-7-14(11)6-3-10-2-1-4-12-8-10/h1-2,4-5,7-8,15H,3,6,9H2. The maximum atomic E-state index is 9.01. The normalized spacial score (nSPS) is 10.5. The zero-order valence-electron chi connectivity index (χ0n) is 8.37. The third-order valence-electron chi connectivity index (χ3n) is 2.31. The van der Waals surface area contributed by atoms with E-state index in [4.69, 9.17) is 5.11 Å². The Morgan fingerprint density at radius 2 is 2.27 bits per heavy atom. The molecule has 0 atom stereocenters. The van der Waals surface area contributed by atoms with Gasteiger partial charge in [0.25, 0.3) is 0 Å². The zero-order chi connectivity index (χ0) is 10.5. The fraction of sp³-hybridized carbons (Fsp3) is 0.273. The summed E-state index contributed by atoms with van der Waals surface area (Å²) in [4.78, 5) is 8.10. The van der Waals surface area contributed by atoms with E-state index >= 15 is 0 Å². The van der Waals surface area contributed by atoms with Crippen molar-refractivity contribution >= 4 is 0 Å². The quantitative estimate of drug-likeness (QED) is 0.807. The molecule has 15 heavy (non-hydrogen) atoms. The van der Waals surface area contributed by atoms with Crippen LogP contribution in [0.1, 0.15) is 11.4 Å². The highest BCUT2D eigenvalue weighted by Gasteiger charge is 2.00. The van der Waals surface area contributed by atoms with Gasteiger partial charge in [-0.25, -0.2) is 4.98 Å². The first-order chi connectivity index (χ1) is 7.40. The molecule has 0 aromatic carbocycles. The monoisotopic (exact) mass is 203 g/mol. The van der Waals surface area contributed by atoms with Gasteiger partial charge < -0.3 is 9.67 Å². The molecule has 1 N–H and O–H groups in total. The van der Waals surface area contributed by atoms with Crippen LogP contribution in [-0.4, -0.2) is 19.6 Å². The van der Waals surface area contributed by atoms with Crippen molar-refractivity contribution in [2.24, 2.45) is 0 Å². The van der Waals surface area contributed by atoms with Crippen LogP contribution in [0, 0.1) is 0 Å². The Morgan fingerprint density at radius 3 is 3.00 bits per heavy atom. The fourth-order valence-electron chi connectivity index (χ4n) is 1.49. The van der Waals surface area contributed by atoms with Crippen LogP contribution in [0.5, 0.6) is 0 Å². The van der Waals surface area contributed by atoms with Crippen LogP contribution in [0.3, 0.4) is 0 Å². The van der Waals surface area contributed by atoms with Gasteiger partial charge in [-0.15, -0.1) is 0 Å². The SMILES string of the molecule is OCc1nccn1CCc1cccnc1. The lowest BCUT2D eigenvalue weighted by Crippen LogP contribution is -2.05. The molecule has 0 saturated carbocycles. The second kappa shape index (κ2) is 4.70. The second-order valence-corrected chi connectivity index (χ2v) is 3.31. The second-order valence-electron chi connectivity index (χ2n) is 3.31. The van der Waals surface area contributed by atoms with Gasteiger partial charge in [-0.3, -0.25) is 4.98 Å². The van der Waals surface area contributed by atoms with Crippen molar-refractivity contribution in [2.75, 3.05) is 0 Å². The molecular weight excluding hydrogens is 190 g/mol. The molecule has 2 aromatic heterocycles. The van der Waals surface area contributed by atoms with Crippen LogP contribution in [0.25, 0.3) is 0 Å². The minimum atomic E-state index is -0.0138. The molecule has 2 rings (SSSR count). The summed E-state index contributed by atoms with van der Waals surface area (Å²) >= 11 is 0. The topological polar surface area (TPSA) is 50.9 Å². The van der Waals surface area contributed by atoms with Crippen LogP contribution >= 0.6 is 0 Å². The number of imidazole rings is 1. The molecule has 0 aliphatic carbocycles. The number of aliphatic hydroxyl groups excluding tert-OH is 1. The lowest BCUT2D eigenvalue weighted by Gasteiger charge is -2.05. The predicted molar refractivity (Wildman–Crippen MR) is 56.1 cm³/mol. The van der Waals surface area contributed by atoms with Crippen LogP contribution in [0.4, 0.5) is 0 Å². The molecule has 0 radical (unpaired) electrons. The minimum absolute atomic E-state index is 0.0138. The summed E-state index contributed by atoms with van der Waals surface area (Å²) < 4.78 is 1.95. The van der Waals surface area contributed by atoms with E-state index < -0.39 is 0 Å². The number of aromatic nitrogens is 3. The molecule has 0 unspecified atom stereocenters. The molecule has 0 aliphatic rings. The van der Waals surface area contributed by atoms with Gasteiger partial charge >= 0.3 is 0 Å². The fourth-order valence-corrected chi connectivity index (χ4v) is 1.49. The molecule has 0 aliphatic heterocycles. The maximum Gasteiger partial charge on any atom is 0.134 e. The molecule has 0 amide bonds. The van der Waals surface area contributed by atoms with Gasteiger partial charge in [0.05, 0.1) is 0 Å². The van der Waals surface area contributed by atoms with E-state index in [1.165, 1.54) is 5.56 Å². The summed E-state index contributed by atoms with van der Waals surface area (Å²) in [7, 11) is 0. The average molecular weight is 203 g/mol. The maximum absolute atomic E-state index is 9.01. The Kier molecular flexibility index (Phi) is 3.09. The van der Waals surface area contributed by atoms with Crippen LogP contribution < -0.4 is 0 Å². The van der Waals surface area contributed by atoms with Gasteiger partial charge in [0.2, 0.25) is 0 Å². The van der Waals surface area contributed by atoms with Gasteiger partial charge in [-0.1, -0.05) is 6.07 Å². The van der Waals surface area contributed by atoms with Crippen molar-refractivity contribution in [1.82, 2.24) is 14.5 Å². The van der Waals surface area contributed by atoms with Gasteiger partial charge in [0.1, 0.15) is 12.4 Å². The van der Waals surface area contributed by atoms with Crippen molar-refractivity contribution in [3.63, 3.8) is 0 Å². The van der Waals surface area contributed by atoms with E-state index in [2.05, 4.69) is 9.97 Å². The molecule has 4 nitrogen and oxygen atoms in total. The van der Waals surface area contributed by atoms with Gasteiger partial charge in [0.15, 0.2) is 0 Å². The predicted octanol–water partition coefficient (Wildman–Crippen LogP) is 1.01. The van der Waals surface area contributed by atoms with Crippen LogP contribution in [0.2, 0.25) is 0 Å². The van der Waals surface area contributed by atoms with Crippen LogP contribution in [0.15, 0.2) is 36.9 Å². The van der Waals surface area contributed by atoms with Crippen molar-refractivity contribution < 1.29 is 5.11 Å². The number of nitrogens with zero attached hydrogens (tertiary/aromatic N) is 3. The summed E-state index contributed by atoms with van der Waals surface area (Å²) in [6.45, 7) is 0.807. The Hall–Kier alpha value is -1.68. The Balaban J connectivity index is 1.99. The Labute approximate surface area is 88.2 Å². The van der Waals surface area contributed by atoms with Crippen molar-refractivity contribution in [3.8, 4) is 0 Å². The van der Waals surface area contributed by atoms with E-state index in [1.807, 2.05) is 29.1 Å². The van der Waals surface area contributed by atoms with Crippen LogP contribution in [-0.2, 0) is 19.6 Å². The molecule has 4 heteroatoms. The highest BCUT2D eigenvalue weighted by molar-refractivity contribution is 5.08. The largest absolute Gasteiger partial charge is 0.388 e. The summed E-state index contributed by atoms with van der Waals surface area (Å²) in [5.74, 6) is 0.707. The molecule has 78 valence electrons. The Morgan fingerprint density at radius 1 is 1.33 bits per heavy atom. The van der Waals surface area contributed by atoms with E-state index in [1.54, 1.807) is 12.4 Å². The third kappa shape index (κ3) is 2.41. The molecule has 0 bridgehead atoms. The zero-order valence-corrected chi connectivity index (χ0v) is 8.37. The number of aliphatic hydroxyl groups is 1. The first kappa shape index (κ1) is 9.86. The molecule has 0 saturated heterocycles. The molecule has 2 heterocycles. The van der Waals surface area contributed by atoms with E-state index in [0.717, 1.165) is 13.0 Å². The third-order valence-corrected chi connectivity index (χ3v) is 2.31. The molecule has 2 aromatic rings. The van der Waals surface area contributed by atoms with E-state index in [-0.39, 0.29) is 6.61 Å². The molecule has 0 spiro atoms. The van der Waals surface area contributed by atoms with Crippen molar-refractivity contribution in [2.45, 2.75) is 19.6 Å². The first-order valence-corrected chi connectivity index (χ1v) is 4.90.